The number of aryl methyl sites for hydroxylation is 1. The molecule has 0 atom stereocenters. The third-order valence-electron chi connectivity index (χ3n) is 3.89. The number of hydrogen-bond acceptors (Lipinski definition) is 2. The zero-order chi connectivity index (χ0) is 14.2. The van der Waals surface area contributed by atoms with E-state index in [1.165, 1.54) is 0 Å². The molecule has 0 unspecified atom stereocenters. The van der Waals surface area contributed by atoms with Crippen molar-refractivity contribution in [1.82, 2.24) is 4.31 Å². The molecule has 1 aromatic rings. The van der Waals surface area contributed by atoms with Gasteiger partial charge in [-0.3, -0.25) is 0 Å². The van der Waals surface area contributed by atoms with Crippen molar-refractivity contribution >= 4 is 26.0 Å². The van der Waals surface area contributed by atoms with Gasteiger partial charge in [-0.25, -0.2) is 8.42 Å². The second kappa shape index (κ2) is 5.54. The quantitative estimate of drug-likeness (QED) is 0.821. The molecule has 0 saturated carbocycles. The smallest absolute Gasteiger partial charge is 0.207 e. The molecule has 0 aromatic heterocycles. The first-order chi connectivity index (χ1) is 8.85. The lowest BCUT2D eigenvalue weighted by atomic mass is 10.1. The number of halogens is 1. The van der Waals surface area contributed by atoms with Crippen molar-refractivity contribution < 1.29 is 8.42 Å². The van der Waals surface area contributed by atoms with E-state index in [-0.39, 0.29) is 0 Å². The van der Waals surface area contributed by atoms with Crippen LogP contribution in [0.4, 0.5) is 0 Å². The molecule has 1 aromatic carbocycles. The second-order valence-corrected chi connectivity index (χ2v) is 7.95. The summed E-state index contributed by atoms with van der Waals surface area (Å²) in [4.78, 5) is 0.487. The predicted octanol–water partition coefficient (Wildman–Crippen LogP) is 3.55. The minimum absolute atomic E-state index is 0.487. The normalized spacial score (nSPS) is 17.7. The highest BCUT2D eigenvalue weighted by atomic mass is 79.9. The van der Waals surface area contributed by atoms with Crippen molar-refractivity contribution in [2.45, 2.75) is 44.9 Å². The third-order valence-corrected chi connectivity index (χ3v) is 6.88. The van der Waals surface area contributed by atoms with Gasteiger partial charge in [0, 0.05) is 17.6 Å². The number of benzene rings is 1. The van der Waals surface area contributed by atoms with Crippen LogP contribution < -0.4 is 0 Å². The van der Waals surface area contributed by atoms with E-state index in [0.717, 1.165) is 40.4 Å². The summed E-state index contributed by atoms with van der Waals surface area (Å²) in [5.74, 6) is 0. The summed E-state index contributed by atoms with van der Waals surface area (Å²) in [6, 6.07) is 1.99. The molecule has 1 saturated heterocycles. The number of hydrogen-bond donors (Lipinski definition) is 0. The van der Waals surface area contributed by atoms with Gasteiger partial charge in [0.2, 0.25) is 10.0 Å². The topological polar surface area (TPSA) is 37.4 Å². The zero-order valence-corrected chi connectivity index (χ0v) is 14.1. The molecule has 106 valence electrons. The highest BCUT2D eigenvalue weighted by molar-refractivity contribution is 9.10. The summed E-state index contributed by atoms with van der Waals surface area (Å²) in [6.07, 6.45) is 3.05. The highest BCUT2D eigenvalue weighted by Crippen LogP contribution is 2.32. The Morgan fingerprint density at radius 2 is 1.63 bits per heavy atom. The minimum atomic E-state index is -3.37. The molecule has 1 aliphatic heterocycles. The van der Waals surface area contributed by atoms with Crippen molar-refractivity contribution in [3.05, 3.63) is 27.2 Å². The average Bonchev–Trinajstić information content (AvgIpc) is 2.37. The Kier molecular flexibility index (Phi) is 4.38. The minimum Gasteiger partial charge on any atom is -0.207 e. The molecule has 19 heavy (non-hydrogen) atoms. The lowest BCUT2D eigenvalue weighted by molar-refractivity contribution is 0.346. The molecule has 0 N–H and O–H groups in total. The van der Waals surface area contributed by atoms with Gasteiger partial charge >= 0.3 is 0 Å². The summed E-state index contributed by atoms with van der Waals surface area (Å²) in [7, 11) is -3.37. The SMILES string of the molecule is Cc1cc(Br)c(C)c(S(=O)(=O)N2CCCCC2)c1C. The van der Waals surface area contributed by atoms with Crippen LogP contribution in [0.5, 0.6) is 0 Å². The maximum Gasteiger partial charge on any atom is 0.243 e. The molecular weight excluding hydrogens is 326 g/mol. The zero-order valence-electron chi connectivity index (χ0n) is 11.7. The van der Waals surface area contributed by atoms with Crippen LogP contribution in [0.15, 0.2) is 15.4 Å². The Hall–Kier alpha value is -0.390. The standard InChI is InChI=1S/C14H20BrNO2S/c1-10-9-13(15)12(3)14(11(10)2)19(17,18)16-7-5-4-6-8-16/h9H,4-8H2,1-3H3. The molecule has 0 bridgehead atoms. The maximum atomic E-state index is 12.8. The molecule has 0 aliphatic carbocycles. The fourth-order valence-corrected chi connectivity index (χ4v) is 5.31. The van der Waals surface area contributed by atoms with Crippen molar-refractivity contribution in [3.63, 3.8) is 0 Å². The van der Waals surface area contributed by atoms with E-state index in [1.54, 1.807) is 4.31 Å². The lowest BCUT2D eigenvalue weighted by Crippen LogP contribution is -2.36. The van der Waals surface area contributed by atoms with E-state index in [2.05, 4.69) is 15.9 Å². The van der Waals surface area contributed by atoms with E-state index < -0.39 is 10.0 Å². The molecular formula is C14H20BrNO2S. The number of nitrogens with zero attached hydrogens (tertiary/aromatic N) is 1. The fourth-order valence-electron chi connectivity index (χ4n) is 2.60. The van der Waals surface area contributed by atoms with Crippen LogP contribution in [0.2, 0.25) is 0 Å². The van der Waals surface area contributed by atoms with E-state index in [0.29, 0.717) is 18.0 Å². The largest absolute Gasteiger partial charge is 0.243 e. The van der Waals surface area contributed by atoms with E-state index in [9.17, 15) is 8.42 Å². The molecule has 0 spiro atoms. The van der Waals surface area contributed by atoms with Crippen LogP contribution in [0.1, 0.15) is 36.0 Å². The first-order valence-electron chi connectivity index (χ1n) is 6.62. The predicted molar refractivity (Wildman–Crippen MR) is 81.0 cm³/mol. The molecule has 1 heterocycles. The molecule has 0 amide bonds. The second-order valence-electron chi connectivity index (χ2n) is 5.22. The first kappa shape index (κ1) is 15.0. The van der Waals surface area contributed by atoms with Crippen LogP contribution in [0, 0.1) is 20.8 Å². The van der Waals surface area contributed by atoms with Gasteiger partial charge in [0.1, 0.15) is 0 Å². The van der Waals surface area contributed by atoms with Crippen LogP contribution in [-0.4, -0.2) is 25.8 Å². The van der Waals surface area contributed by atoms with Gasteiger partial charge in [0.05, 0.1) is 4.90 Å². The van der Waals surface area contributed by atoms with Gasteiger partial charge in [0.15, 0.2) is 0 Å². The van der Waals surface area contributed by atoms with Crippen molar-refractivity contribution in [2.75, 3.05) is 13.1 Å². The van der Waals surface area contributed by atoms with E-state index in [1.807, 2.05) is 26.8 Å². The summed E-state index contributed by atoms with van der Waals surface area (Å²) >= 11 is 3.46. The number of piperidine rings is 1. The summed E-state index contributed by atoms with van der Waals surface area (Å²) in [6.45, 7) is 7.01. The van der Waals surface area contributed by atoms with Crippen LogP contribution >= 0.6 is 15.9 Å². The molecule has 2 rings (SSSR count). The monoisotopic (exact) mass is 345 g/mol. The highest BCUT2D eigenvalue weighted by Gasteiger charge is 2.30. The summed E-state index contributed by atoms with van der Waals surface area (Å²) < 4.78 is 28.2. The Balaban J connectivity index is 2.57. The molecule has 3 nitrogen and oxygen atoms in total. The first-order valence-corrected chi connectivity index (χ1v) is 8.85. The Bertz CT molecular complexity index is 564. The van der Waals surface area contributed by atoms with Gasteiger partial charge in [-0.15, -0.1) is 0 Å². The van der Waals surface area contributed by atoms with Gasteiger partial charge in [-0.2, -0.15) is 4.31 Å². The van der Waals surface area contributed by atoms with Gasteiger partial charge in [0.25, 0.3) is 0 Å². The molecule has 0 radical (unpaired) electrons. The van der Waals surface area contributed by atoms with E-state index >= 15 is 0 Å². The number of rotatable bonds is 2. The molecule has 1 fully saturated rings. The van der Waals surface area contributed by atoms with Gasteiger partial charge < -0.3 is 0 Å². The van der Waals surface area contributed by atoms with Gasteiger partial charge in [-0.05, 0) is 56.4 Å². The van der Waals surface area contributed by atoms with Crippen molar-refractivity contribution in [1.29, 1.82) is 0 Å². The number of sulfonamides is 1. The van der Waals surface area contributed by atoms with Crippen LogP contribution in [0.25, 0.3) is 0 Å². The average molecular weight is 346 g/mol. The Morgan fingerprint density at radius 3 is 2.21 bits per heavy atom. The van der Waals surface area contributed by atoms with Crippen LogP contribution in [-0.2, 0) is 10.0 Å². The Labute approximate surface area is 124 Å². The van der Waals surface area contributed by atoms with Gasteiger partial charge in [-0.1, -0.05) is 22.4 Å². The van der Waals surface area contributed by atoms with Crippen molar-refractivity contribution in [3.8, 4) is 0 Å². The third kappa shape index (κ3) is 2.73. The summed E-state index contributed by atoms with van der Waals surface area (Å²) in [5.41, 5.74) is 2.69. The molecule has 1 aliphatic rings. The fraction of sp³-hybridized carbons (Fsp3) is 0.571. The van der Waals surface area contributed by atoms with Crippen molar-refractivity contribution in [2.24, 2.45) is 0 Å². The summed E-state index contributed by atoms with van der Waals surface area (Å²) in [5, 5.41) is 0. The van der Waals surface area contributed by atoms with Crippen LogP contribution in [0.3, 0.4) is 0 Å². The Morgan fingerprint density at radius 1 is 1.05 bits per heavy atom. The van der Waals surface area contributed by atoms with E-state index in [4.69, 9.17) is 0 Å². The lowest BCUT2D eigenvalue weighted by Gasteiger charge is -2.28. The maximum absolute atomic E-state index is 12.8. The molecule has 5 heteroatoms.